The number of hydrogen-bond acceptors (Lipinski definition) is 6. The van der Waals surface area contributed by atoms with Crippen molar-refractivity contribution in [3.63, 3.8) is 0 Å². The van der Waals surface area contributed by atoms with Gasteiger partial charge >= 0.3 is 5.22 Å². The summed E-state index contributed by atoms with van der Waals surface area (Å²) in [6, 6.07) is 7.35. The third kappa shape index (κ3) is 3.89. The maximum absolute atomic E-state index is 12.4. The van der Waals surface area contributed by atoms with E-state index in [1.165, 1.54) is 0 Å². The monoisotopic (exact) mass is 363 g/mol. The summed E-state index contributed by atoms with van der Waals surface area (Å²) >= 11 is 0. The lowest BCUT2D eigenvalue weighted by atomic mass is 10.0. The zero-order valence-electron chi connectivity index (χ0n) is 14.3. The van der Waals surface area contributed by atoms with Crippen LogP contribution in [0, 0.1) is 6.92 Å². The van der Waals surface area contributed by atoms with E-state index >= 15 is 0 Å². The van der Waals surface area contributed by atoms with Crippen molar-refractivity contribution in [3.05, 3.63) is 29.8 Å². The van der Waals surface area contributed by atoms with Crippen LogP contribution in [0.3, 0.4) is 0 Å². The minimum absolute atomic E-state index is 0.0576. The first-order chi connectivity index (χ1) is 11.9. The van der Waals surface area contributed by atoms with Crippen LogP contribution in [-0.4, -0.2) is 47.8 Å². The van der Waals surface area contributed by atoms with Crippen LogP contribution in [0.5, 0.6) is 0 Å². The summed E-state index contributed by atoms with van der Waals surface area (Å²) in [6.45, 7) is 4.47. The summed E-state index contributed by atoms with van der Waals surface area (Å²) in [5.41, 5.74) is 1.70. The van der Waals surface area contributed by atoms with Gasteiger partial charge in [0.25, 0.3) is 0 Å². The molecule has 1 saturated heterocycles. The molecule has 0 spiro atoms. The van der Waals surface area contributed by atoms with Crippen LogP contribution in [0.1, 0.15) is 31.7 Å². The van der Waals surface area contributed by atoms with E-state index in [1.807, 2.05) is 26.0 Å². The molecule has 7 nitrogen and oxygen atoms in total. The standard InChI is InChI=1S/C17H21N3O4S/c1-12-6-8-14(9-7-12)16-18-19-17(24-16)25(22,23)11-15(21)20-10-4-3-5-13(20)2/h6-9,13H,3-5,10-11H2,1-2H3. The Morgan fingerprint density at radius 3 is 2.64 bits per heavy atom. The Balaban J connectivity index is 1.76. The molecule has 1 unspecified atom stereocenters. The number of nitrogens with zero attached hydrogens (tertiary/aromatic N) is 3. The van der Waals surface area contributed by atoms with Crippen LogP contribution in [0.25, 0.3) is 11.5 Å². The van der Waals surface area contributed by atoms with Gasteiger partial charge in [0, 0.05) is 18.2 Å². The lowest BCUT2D eigenvalue weighted by Crippen LogP contribution is -2.44. The number of carbonyl (C=O) groups excluding carboxylic acids is 1. The van der Waals surface area contributed by atoms with Crippen LogP contribution in [0.2, 0.25) is 0 Å². The number of aryl methyl sites for hydroxylation is 1. The molecule has 2 heterocycles. The number of piperidine rings is 1. The van der Waals surface area contributed by atoms with Crippen molar-refractivity contribution < 1.29 is 17.6 Å². The summed E-state index contributed by atoms with van der Waals surface area (Å²) in [6.07, 6.45) is 2.85. The van der Waals surface area contributed by atoms with E-state index in [4.69, 9.17) is 4.42 Å². The number of benzene rings is 1. The molecule has 25 heavy (non-hydrogen) atoms. The van der Waals surface area contributed by atoms with Crippen molar-refractivity contribution in [2.75, 3.05) is 12.3 Å². The number of sulfone groups is 1. The van der Waals surface area contributed by atoms with Crippen LogP contribution in [-0.2, 0) is 14.6 Å². The van der Waals surface area contributed by atoms with Gasteiger partial charge in [0.15, 0.2) is 0 Å². The zero-order chi connectivity index (χ0) is 18.0. The number of aromatic nitrogens is 2. The molecule has 0 bridgehead atoms. The molecular weight excluding hydrogens is 342 g/mol. The lowest BCUT2D eigenvalue weighted by molar-refractivity contribution is -0.131. The Hall–Kier alpha value is -2.22. The van der Waals surface area contributed by atoms with Gasteiger partial charge in [0.05, 0.1) is 0 Å². The fourth-order valence-corrected chi connectivity index (χ4v) is 3.91. The van der Waals surface area contributed by atoms with Gasteiger partial charge in [0.1, 0.15) is 5.75 Å². The van der Waals surface area contributed by atoms with Crippen LogP contribution < -0.4 is 0 Å². The number of rotatable bonds is 4. The predicted molar refractivity (Wildman–Crippen MR) is 91.5 cm³/mol. The summed E-state index contributed by atoms with van der Waals surface area (Å²) in [7, 11) is -3.96. The third-order valence-corrected chi connectivity index (χ3v) is 5.73. The topological polar surface area (TPSA) is 93.4 Å². The molecule has 0 saturated carbocycles. The van der Waals surface area contributed by atoms with Gasteiger partial charge < -0.3 is 9.32 Å². The summed E-state index contributed by atoms with van der Waals surface area (Å²) in [5, 5.41) is 6.91. The molecule has 0 N–H and O–H groups in total. The van der Waals surface area contributed by atoms with E-state index < -0.39 is 26.7 Å². The number of amides is 1. The summed E-state index contributed by atoms with van der Waals surface area (Å²) in [4.78, 5) is 14.0. The highest BCUT2D eigenvalue weighted by Crippen LogP contribution is 2.22. The summed E-state index contributed by atoms with van der Waals surface area (Å²) in [5.74, 6) is -0.938. The normalized spacial score (nSPS) is 18.3. The molecule has 1 atom stereocenters. The van der Waals surface area contributed by atoms with E-state index in [2.05, 4.69) is 10.2 Å². The van der Waals surface area contributed by atoms with Gasteiger partial charge in [-0.1, -0.05) is 22.8 Å². The minimum atomic E-state index is -3.96. The van der Waals surface area contributed by atoms with Gasteiger partial charge in [0.2, 0.25) is 21.6 Å². The molecule has 1 aliphatic heterocycles. The average Bonchev–Trinajstić information content (AvgIpc) is 3.06. The number of carbonyl (C=O) groups is 1. The molecule has 1 aliphatic rings. The number of hydrogen-bond donors (Lipinski definition) is 0. The smallest absolute Gasteiger partial charge is 0.336 e. The van der Waals surface area contributed by atoms with Crippen LogP contribution >= 0.6 is 0 Å². The molecule has 2 aromatic rings. The van der Waals surface area contributed by atoms with Gasteiger partial charge in [-0.25, -0.2) is 8.42 Å². The van der Waals surface area contributed by atoms with E-state index in [0.29, 0.717) is 12.1 Å². The largest absolute Gasteiger partial charge is 0.408 e. The van der Waals surface area contributed by atoms with Crippen molar-refractivity contribution in [1.82, 2.24) is 15.1 Å². The molecule has 1 fully saturated rings. The van der Waals surface area contributed by atoms with Crippen molar-refractivity contribution in [3.8, 4) is 11.5 Å². The van der Waals surface area contributed by atoms with Gasteiger partial charge in [-0.05, 0) is 45.2 Å². The first kappa shape index (κ1) is 17.6. The molecule has 3 rings (SSSR count). The van der Waals surface area contributed by atoms with Crippen LogP contribution in [0.4, 0.5) is 0 Å². The molecule has 134 valence electrons. The first-order valence-corrected chi connectivity index (χ1v) is 9.95. The van der Waals surface area contributed by atoms with E-state index in [0.717, 1.165) is 24.8 Å². The van der Waals surface area contributed by atoms with Crippen molar-refractivity contribution >= 4 is 15.7 Å². The predicted octanol–water partition coefficient (Wildman–Crippen LogP) is 2.22. The molecule has 1 amide bonds. The average molecular weight is 363 g/mol. The Labute approximate surface area is 147 Å². The van der Waals surface area contributed by atoms with Gasteiger partial charge in [-0.3, -0.25) is 4.79 Å². The number of likely N-dealkylation sites (tertiary alicyclic amines) is 1. The second-order valence-electron chi connectivity index (χ2n) is 6.43. The highest BCUT2D eigenvalue weighted by molar-refractivity contribution is 7.91. The zero-order valence-corrected chi connectivity index (χ0v) is 15.1. The second kappa shape index (κ2) is 6.95. The first-order valence-electron chi connectivity index (χ1n) is 8.29. The third-order valence-electron chi connectivity index (χ3n) is 4.41. The Bertz CT molecular complexity index is 858. The minimum Gasteiger partial charge on any atom is -0.408 e. The maximum Gasteiger partial charge on any atom is 0.336 e. The second-order valence-corrected chi connectivity index (χ2v) is 8.30. The van der Waals surface area contributed by atoms with Crippen LogP contribution in [0.15, 0.2) is 33.9 Å². The van der Waals surface area contributed by atoms with Gasteiger partial charge in [-0.15, -0.1) is 5.10 Å². The Morgan fingerprint density at radius 2 is 1.96 bits per heavy atom. The fourth-order valence-electron chi connectivity index (χ4n) is 2.92. The van der Waals surface area contributed by atoms with Crippen molar-refractivity contribution in [2.45, 2.75) is 44.4 Å². The molecule has 0 radical (unpaired) electrons. The van der Waals surface area contributed by atoms with Crippen molar-refractivity contribution in [2.24, 2.45) is 0 Å². The van der Waals surface area contributed by atoms with E-state index in [9.17, 15) is 13.2 Å². The summed E-state index contributed by atoms with van der Waals surface area (Å²) < 4.78 is 30.2. The molecule has 1 aromatic heterocycles. The Kier molecular flexibility index (Phi) is 4.89. The van der Waals surface area contributed by atoms with Gasteiger partial charge in [-0.2, -0.15) is 0 Å². The Morgan fingerprint density at radius 1 is 1.24 bits per heavy atom. The molecule has 8 heteroatoms. The highest BCUT2D eigenvalue weighted by atomic mass is 32.2. The van der Waals surface area contributed by atoms with E-state index in [-0.39, 0.29) is 11.9 Å². The quantitative estimate of drug-likeness (QED) is 0.827. The molecule has 0 aliphatic carbocycles. The fraction of sp³-hybridized carbons (Fsp3) is 0.471. The SMILES string of the molecule is Cc1ccc(-c2nnc(S(=O)(=O)CC(=O)N3CCCCC3C)o2)cc1. The van der Waals surface area contributed by atoms with E-state index in [1.54, 1.807) is 17.0 Å². The molecule has 1 aromatic carbocycles. The maximum atomic E-state index is 12.4. The highest BCUT2D eigenvalue weighted by Gasteiger charge is 2.31. The molecular formula is C17H21N3O4S. The lowest BCUT2D eigenvalue weighted by Gasteiger charge is -2.33. The van der Waals surface area contributed by atoms with Crippen molar-refractivity contribution in [1.29, 1.82) is 0 Å².